The molecule has 0 aromatic heterocycles. The third-order valence-corrected chi connectivity index (χ3v) is 7.05. The number of benzene rings is 2. The van der Waals surface area contributed by atoms with E-state index < -0.39 is 10.0 Å². The summed E-state index contributed by atoms with van der Waals surface area (Å²) in [4.78, 5) is 12.6. The molecule has 0 unspecified atom stereocenters. The van der Waals surface area contributed by atoms with Crippen LogP contribution in [0.4, 0.5) is 5.69 Å². The summed E-state index contributed by atoms with van der Waals surface area (Å²) in [7, 11) is -0.467. The molecule has 2 aromatic carbocycles. The monoisotopic (exact) mass is 444 g/mol. The Morgan fingerprint density at radius 2 is 1.74 bits per heavy atom. The molecule has 3 rings (SSSR count). The van der Waals surface area contributed by atoms with Gasteiger partial charge in [-0.25, -0.2) is 8.42 Å². The number of nitrogens with zero attached hydrogens (tertiary/aromatic N) is 1. The van der Waals surface area contributed by atoms with E-state index in [1.54, 1.807) is 56.7 Å². The quantitative estimate of drug-likeness (QED) is 0.655. The maximum absolute atomic E-state index is 13.0. The highest BCUT2D eigenvalue weighted by molar-refractivity contribution is 7.89. The summed E-state index contributed by atoms with van der Waals surface area (Å²) >= 11 is 0. The largest absolute Gasteiger partial charge is 0.497 e. The minimum absolute atomic E-state index is 0.186. The maximum atomic E-state index is 13.0. The van der Waals surface area contributed by atoms with Gasteiger partial charge in [-0.1, -0.05) is 18.9 Å². The third kappa shape index (κ3) is 5.86. The van der Waals surface area contributed by atoms with Gasteiger partial charge in [0.2, 0.25) is 15.9 Å². The number of hydrogen-bond donors (Lipinski definition) is 1. The first-order valence-electron chi connectivity index (χ1n) is 10.3. The average molecular weight is 445 g/mol. The molecule has 2 aromatic rings. The number of carbonyl (C=O) groups excluding carboxylic acids is 1. The van der Waals surface area contributed by atoms with E-state index >= 15 is 0 Å². The van der Waals surface area contributed by atoms with E-state index in [1.807, 2.05) is 0 Å². The van der Waals surface area contributed by atoms with Crippen molar-refractivity contribution in [2.24, 2.45) is 0 Å². The van der Waals surface area contributed by atoms with Crippen molar-refractivity contribution in [1.29, 1.82) is 0 Å². The predicted molar refractivity (Wildman–Crippen MR) is 121 cm³/mol. The molecule has 0 spiro atoms. The number of ether oxygens (including phenoxy) is 2. The molecule has 1 fully saturated rings. The Labute approximate surface area is 183 Å². The lowest BCUT2D eigenvalue weighted by Gasteiger charge is -2.20. The van der Waals surface area contributed by atoms with Crippen LogP contribution >= 0.6 is 0 Å². The van der Waals surface area contributed by atoms with Crippen molar-refractivity contribution in [2.75, 3.05) is 32.6 Å². The second kappa shape index (κ2) is 10.5. The van der Waals surface area contributed by atoms with Gasteiger partial charge in [-0.2, -0.15) is 4.31 Å². The molecule has 7 nitrogen and oxygen atoms in total. The first kappa shape index (κ1) is 22.8. The third-order valence-electron chi connectivity index (χ3n) is 5.16. The van der Waals surface area contributed by atoms with E-state index in [-0.39, 0.29) is 10.8 Å². The van der Waals surface area contributed by atoms with Crippen LogP contribution in [-0.2, 0) is 14.8 Å². The molecular weight excluding hydrogens is 416 g/mol. The highest BCUT2D eigenvalue weighted by Crippen LogP contribution is 2.25. The zero-order chi connectivity index (χ0) is 22.3. The van der Waals surface area contributed by atoms with E-state index in [9.17, 15) is 13.2 Å². The zero-order valence-corrected chi connectivity index (χ0v) is 18.7. The molecule has 8 heteroatoms. The lowest BCUT2D eigenvalue weighted by Crippen LogP contribution is -2.32. The number of rotatable bonds is 7. The second-order valence-corrected chi connectivity index (χ2v) is 9.21. The molecule has 1 N–H and O–H groups in total. The minimum atomic E-state index is -3.58. The second-order valence-electron chi connectivity index (χ2n) is 7.28. The smallest absolute Gasteiger partial charge is 0.248 e. The lowest BCUT2D eigenvalue weighted by atomic mass is 10.1. The van der Waals surface area contributed by atoms with Gasteiger partial charge >= 0.3 is 0 Å². The van der Waals surface area contributed by atoms with Gasteiger partial charge in [0.25, 0.3) is 0 Å². The number of amides is 1. The van der Waals surface area contributed by atoms with Crippen molar-refractivity contribution < 1.29 is 22.7 Å². The first-order valence-corrected chi connectivity index (χ1v) is 11.7. The van der Waals surface area contributed by atoms with Gasteiger partial charge in [-0.3, -0.25) is 4.79 Å². The zero-order valence-electron chi connectivity index (χ0n) is 17.8. The van der Waals surface area contributed by atoms with Gasteiger partial charge in [-0.05, 0) is 55.3 Å². The van der Waals surface area contributed by atoms with Crippen molar-refractivity contribution >= 4 is 27.7 Å². The Bertz CT molecular complexity index is 1040. The van der Waals surface area contributed by atoms with E-state index in [2.05, 4.69) is 5.32 Å². The van der Waals surface area contributed by atoms with Crippen LogP contribution in [0.15, 0.2) is 53.4 Å². The Morgan fingerprint density at radius 1 is 1.00 bits per heavy atom. The maximum Gasteiger partial charge on any atom is 0.248 e. The Morgan fingerprint density at radius 3 is 2.42 bits per heavy atom. The standard InChI is InChI=1S/C23H28N2O5S/c1-29-20-11-12-22(30-2)18(16-20)10-13-23(26)24-19-8-7-9-21(17-19)31(27,28)25-14-5-3-4-6-15-25/h7-13,16-17H,3-6,14-15H2,1-2H3,(H,24,26). The number of nitrogens with one attached hydrogen (secondary N) is 1. The minimum Gasteiger partial charge on any atom is -0.497 e. The summed E-state index contributed by atoms with van der Waals surface area (Å²) in [6.45, 7) is 1.06. The van der Waals surface area contributed by atoms with Gasteiger partial charge in [0, 0.05) is 30.4 Å². The molecule has 1 amide bonds. The average Bonchev–Trinajstić information content (AvgIpc) is 3.08. The summed E-state index contributed by atoms with van der Waals surface area (Å²) in [6, 6.07) is 11.6. The molecule has 1 heterocycles. The fraction of sp³-hybridized carbons (Fsp3) is 0.348. The summed E-state index contributed by atoms with van der Waals surface area (Å²) in [6.07, 6.45) is 6.82. The molecule has 31 heavy (non-hydrogen) atoms. The van der Waals surface area contributed by atoms with E-state index in [4.69, 9.17) is 9.47 Å². The number of sulfonamides is 1. The van der Waals surface area contributed by atoms with Crippen LogP contribution in [0.2, 0.25) is 0 Å². The fourth-order valence-electron chi connectivity index (χ4n) is 3.48. The van der Waals surface area contributed by atoms with E-state index in [0.717, 1.165) is 25.7 Å². The highest BCUT2D eigenvalue weighted by atomic mass is 32.2. The van der Waals surface area contributed by atoms with Gasteiger partial charge < -0.3 is 14.8 Å². The molecule has 0 saturated carbocycles. The van der Waals surface area contributed by atoms with Gasteiger partial charge in [0.15, 0.2) is 0 Å². The van der Waals surface area contributed by atoms with Crippen LogP contribution < -0.4 is 14.8 Å². The first-order chi connectivity index (χ1) is 14.9. The van der Waals surface area contributed by atoms with Crippen LogP contribution in [0, 0.1) is 0 Å². The lowest BCUT2D eigenvalue weighted by molar-refractivity contribution is -0.111. The summed E-state index contributed by atoms with van der Waals surface area (Å²) in [5.74, 6) is 0.872. The molecule has 1 aliphatic rings. The van der Waals surface area contributed by atoms with Crippen LogP contribution in [0.5, 0.6) is 11.5 Å². The van der Waals surface area contributed by atoms with Crippen LogP contribution in [0.25, 0.3) is 6.08 Å². The van der Waals surface area contributed by atoms with Crippen LogP contribution in [0.3, 0.4) is 0 Å². The van der Waals surface area contributed by atoms with Crippen molar-refractivity contribution in [2.45, 2.75) is 30.6 Å². The Kier molecular flexibility index (Phi) is 7.70. The molecular formula is C23H28N2O5S. The van der Waals surface area contributed by atoms with Gasteiger partial charge in [-0.15, -0.1) is 0 Å². The molecule has 1 saturated heterocycles. The Balaban J connectivity index is 1.73. The van der Waals surface area contributed by atoms with Crippen LogP contribution in [0.1, 0.15) is 31.2 Å². The highest BCUT2D eigenvalue weighted by Gasteiger charge is 2.25. The van der Waals surface area contributed by atoms with Gasteiger partial charge in [0.05, 0.1) is 19.1 Å². The SMILES string of the molecule is COc1ccc(OC)c(C=CC(=O)Nc2cccc(S(=O)(=O)N3CCCCCC3)c2)c1. The van der Waals surface area contributed by atoms with Crippen molar-refractivity contribution in [3.63, 3.8) is 0 Å². The van der Waals surface area contributed by atoms with Crippen molar-refractivity contribution in [3.8, 4) is 11.5 Å². The van der Waals surface area contributed by atoms with E-state index in [0.29, 0.717) is 35.8 Å². The number of anilines is 1. The van der Waals surface area contributed by atoms with Crippen molar-refractivity contribution in [1.82, 2.24) is 4.31 Å². The summed E-state index contributed by atoms with van der Waals surface area (Å²) in [5.41, 5.74) is 1.11. The molecule has 0 radical (unpaired) electrons. The summed E-state index contributed by atoms with van der Waals surface area (Å²) in [5, 5.41) is 2.73. The molecule has 0 bridgehead atoms. The molecule has 1 aliphatic heterocycles. The normalized spacial score (nSPS) is 15.4. The number of hydrogen-bond acceptors (Lipinski definition) is 5. The number of methoxy groups -OCH3 is 2. The molecule has 0 aliphatic carbocycles. The van der Waals surface area contributed by atoms with E-state index in [1.165, 1.54) is 16.4 Å². The van der Waals surface area contributed by atoms with Crippen LogP contribution in [-0.4, -0.2) is 45.9 Å². The molecule has 0 atom stereocenters. The molecule has 166 valence electrons. The number of carbonyl (C=O) groups is 1. The Hall–Kier alpha value is -2.84. The fourth-order valence-corrected chi connectivity index (χ4v) is 5.05. The predicted octanol–water partition coefficient (Wildman–Crippen LogP) is 3.92. The topological polar surface area (TPSA) is 84.9 Å². The summed E-state index contributed by atoms with van der Waals surface area (Å²) < 4.78 is 38.0. The van der Waals surface area contributed by atoms with Gasteiger partial charge in [0.1, 0.15) is 11.5 Å². The van der Waals surface area contributed by atoms with Crippen molar-refractivity contribution in [3.05, 3.63) is 54.1 Å².